The maximum atomic E-state index is 11.1. The summed E-state index contributed by atoms with van der Waals surface area (Å²) in [6, 6.07) is 5.30. The second kappa shape index (κ2) is 7.76. The van der Waals surface area contributed by atoms with E-state index in [9.17, 15) is 10.1 Å². The molecule has 1 N–H and O–H groups in total. The van der Waals surface area contributed by atoms with Gasteiger partial charge in [-0.3, -0.25) is 10.1 Å². The minimum absolute atomic E-state index is 0.106. The fraction of sp³-hybridized carbons (Fsp3) is 0.625. The van der Waals surface area contributed by atoms with Crippen LogP contribution in [0.1, 0.15) is 51.0 Å². The molecule has 0 saturated heterocycles. The Kier molecular flexibility index (Phi) is 6.00. The normalized spacial score (nSPS) is 22.2. The van der Waals surface area contributed by atoms with E-state index in [4.69, 9.17) is 11.6 Å². The molecule has 1 saturated carbocycles. The Bertz CT molecular complexity index is 485. The van der Waals surface area contributed by atoms with Crippen LogP contribution in [0.3, 0.4) is 0 Å². The molecule has 21 heavy (non-hydrogen) atoms. The van der Waals surface area contributed by atoms with Crippen LogP contribution >= 0.6 is 11.6 Å². The minimum Gasteiger partial charge on any atom is -0.310 e. The second-order valence-electron chi connectivity index (χ2n) is 5.88. The number of halogens is 1. The van der Waals surface area contributed by atoms with Gasteiger partial charge in [0.2, 0.25) is 0 Å². The van der Waals surface area contributed by atoms with Crippen LogP contribution in [0.2, 0.25) is 5.02 Å². The summed E-state index contributed by atoms with van der Waals surface area (Å²) in [6.45, 7) is 2.71. The first-order chi connectivity index (χ1) is 10.1. The standard InChI is InChI=1S/C16H23ClN2O2/c1-2-4-12-7-9-13(10-8-12)18-11-14-15(17)5-3-6-16(14)19(20)21/h3,5-6,12-13,18H,2,4,7-11H2,1H3. The average molecular weight is 311 g/mol. The predicted molar refractivity (Wildman–Crippen MR) is 85.6 cm³/mol. The summed E-state index contributed by atoms with van der Waals surface area (Å²) in [6.07, 6.45) is 7.41. The predicted octanol–water partition coefficient (Wildman–Crippen LogP) is 4.70. The minimum atomic E-state index is -0.360. The maximum absolute atomic E-state index is 11.1. The number of nitro benzene ring substituents is 1. The molecule has 0 spiro atoms. The Morgan fingerprint density at radius 3 is 2.67 bits per heavy atom. The number of nitrogens with zero attached hydrogens (tertiary/aromatic N) is 1. The Morgan fingerprint density at radius 1 is 1.33 bits per heavy atom. The molecule has 1 aromatic rings. The fourth-order valence-electron chi connectivity index (χ4n) is 3.20. The molecule has 116 valence electrons. The zero-order valence-corrected chi connectivity index (χ0v) is 13.2. The zero-order valence-electron chi connectivity index (χ0n) is 12.5. The molecule has 1 aromatic carbocycles. The largest absolute Gasteiger partial charge is 0.310 e. The molecule has 0 atom stereocenters. The summed E-state index contributed by atoms with van der Waals surface area (Å²) in [5.74, 6) is 0.864. The van der Waals surface area contributed by atoms with Crippen LogP contribution in [0.4, 0.5) is 5.69 Å². The first-order valence-corrected chi connectivity index (χ1v) is 8.14. The van der Waals surface area contributed by atoms with E-state index >= 15 is 0 Å². The molecule has 5 heteroatoms. The molecule has 2 rings (SSSR count). The summed E-state index contributed by atoms with van der Waals surface area (Å²) in [5, 5.41) is 15.0. The van der Waals surface area contributed by atoms with Crippen LogP contribution in [-0.2, 0) is 6.54 Å². The molecular formula is C16H23ClN2O2. The van der Waals surface area contributed by atoms with Crippen molar-refractivity contribution in [1.82, 2.24) is 5.32 Å². The molecule has 0 unspecified atom stereocenters. The monoisotopic (exact) mass is 310 g/mol. The van der Waals surface area contributed by atoms with Crippen molar-refractivity contribution in [3.05, 3.63) is 38.9 Å². The first kappa shape index (κ1) is 16.2. The van der Waals surface area contributed by atoms with Crippen molar-refractivity contribution in [3.8, 4) is 0 Å². The third kappa shape index (κ3) is 4.42. The molecule has 0 radical (unpaired) electrons. The zero-order chi connectivity index (χ0) is 15.2. The highest BCUT2D eigenvalue weighted by atomic mass is 35.5. The van der Waals surface area contributed by atoms with Crippen LogP contribution < -0.4 is 5.32 Å². The molecule has 0 aliphatic heterocycles. The van der Waals surface area contributed by atoms with Crippen LogP contribution in [0.25, 0.3) is 0 Å². The van der Waals surface area contributed by atoms with Crippen molar-refractivity contribution in [1.29, 1.82) is 0 Å². The van der Waals surface area contributed by atoms with Crippen molar-refractivity contribution in [3.63, 3.8) is 0 Å². The number of hydrogen-bond donors (Lipinski definition) is 1. The lowest BCUT2D eigenvalue weighted by Crippen LogP contribution is -2.33. The van der Waals surface area contributed by atoms with Crippen LogP contribution in [0.5, 0.6) is 0 Å². The van der Waals surface area contributed by atoms with Gasteiger partial charge in [0.25, 0.3) is 5.69 Å². The van der Waals surface area contributed by atoms with Gasteiger partial charge in [-0.25, -0.2) is 0 Å². The number of benzene rings is 1. The molecule has 1 aliphatic rings. The average Bonchev–Trinajstić information content (AvgIpc) is 2.47. The van der Waals surface area contributed by atoms with E-state index in [-0.39, 0.29) is 10.6 Å². The van der Waals surface area contributed by atoms with Gasteiger partial charge in [-0.05, 0) is 37.7 Å². The third-order valence-electron chi connectivity index (χ3n) is 4.40. The Hall–Kier alpha value is -1.13. The van der Waals surface area contributed by atoms with Gasteiger partial charge in [0.15, 0.2) is 0 Å². The first-order valence-electron chi connectivity index (χ1n) is 7.77. The summed E-state index contributed by atoms with van der Waals surface area (Å²) in [4.78, 5) is 10.7. The molecule has 0 heterocycles. The molecule has 1 fully saturated rings. The topological polar surface area (TPSA) is 55.2 Å². The third-order valence-corrected chi connectivity index (χ3v) is 4.76. The highest BCUT2D eigenvalue weighted by molar-refractivity contribution is 6.31. The number of nitrogens with one attached hydrogen (secondary N) is 1. The van der Waals surface area contributed by atoms with Crippen LogP contribution in [0.15, 0.2) is 18.2 Å². The van der Waals surface area contributed by atoms with E-state index < -0.39 is 0 Å². The van der Waals surface area contributed by atoms with E-state index in [1.54, 1.807) is 12.1 Å². The van der Waals surface area contributed by atoms with Crippen molar-refractivity contribution in [2.45, 2.75) is 58.0 Å². The van der Waals surface area contributed by atoms with E-state index in [0.29, 0.717) is 23.2 Å². The molecular weight excluding hydrogens is 288 g/mol. The van der Waals surface area contributed by atoms with Crippen LogP contribution in [-0.4, -0.2) is 11.0 Å². The maximum Gasteiger partial charge on any atom is 0.275 e. The lowest BCUT2D eigenvalue weighted by molar-refractivity contribution is -0.385. The Morgan fingerprint density at radius 2 is 2.05 bits per heavy atom. The Labute approximate surface area is 131 Å². The van der Waals surface area contributed by atoms with Crippen LogP contribution in [0, 0.1) is 16.0 Å². The lowest BCUT2D eigenvalue weighted by Gasteiger charge is -2.29. The van der Waals surface area contributed by atoms with Crippen molar-refractivity contribution in [2.24, 2.45) is 5.92 Å². The number of nitro groups is 1. The molecule has 4 nitrogen and oxygen atoms in total. The summed E-state index contributed by atoms with van der Waals surface area (Å²) >= 11 is 6.11. The SMILES string of the molecule is CCCC1CCC(NCc2c(Cl)cccc2[N+](=O)[O-])CC1. The van der Waals surface area contributed by atoms with Gasteiger partial charge in [-0.2, -0.15) is 0 Å². The van der Waals surface area contributed by atoms with E-state index in [0.717, 1.165) is 18.8 Å². The van der Waals surface area contributed by atoms with E-state index in [1.165, 1.54) is 31.7 Å². The second-order valence-corrected chi connectivity index (χ2v) is 6.29. The van der Waals surface area contributed by atoms with Gasteiger partial charge >= 0.3 is 0 Å². The highest BCUT2D eigenvalue weighted by Crippen LogP contribution is 2.29. The Balaban J connectivity index is 1.91. The quantitative estimate of drug-likeness (QED) is 0.612. The van der Waals surface area contributed by atoms with Gasteiger partial charge in [-0.1, -0.05) is 37.4 Å². The van der Waals surface area contributed by atoms with Gasteiger partial charge in [-0.15, -0.1) is 0 Å². The van der Waals surface area contributed by atoms with Gasteiger partial charge in [0.1, 0.15) is 0 Å². The van der Waals surface area contributed by atoms with Crippen molar-refractivity contribution >= 4 is 17.3 Å². The van der Waals surface area contributed by atoms with Gasteiger partial charge in [0.05, 0.1) is 15.5 Å². The van der Waals surface area contributed by atoms with E-state index in [2.05, 4.69) is 12.2 Å². The molecule has 1 aliphatic carbocycles. The highest BCUT2D eigenvalue weighted by Gasteiger charge is 2.22. The summed E-state index contributed by atoms with van der Waals surface area (Å²) in [5.41, 5.74) is 0.703. The number of hydrogen-bond acceptors (Lipinski definition) is 3. The van der Waals surface area contributed by atoms with E-state index in [1.807, 2.05) is 0 Å². The van der Waals surface area contributed by atoms with Crippen molar-refractivity contribution < 1.29 is 4.92 Å². The summed E-state index contributed by atoms with van der Waals surface area (Å²) in [7, 11) is 0. The smallest absolute Gasteiger partial charge is 0.275 e. The van der Waals surface area contributed by atoms with Gasteiger partial charge in [0, 0.05) is 18.7 Å². The van der Waals surface area contributed by atoms with Gasteiger partial charge < -0.3 is 5.32 Å². The lowest BCUT2D eigenvalue weighted by atomic mass is 9.83. The number of rotatable bonds is 6. The molecule has 0 aromatic heterocycles. The van der Waals surface area contributed by atoms with Crippen molar-refractivity contribution in [2.75, 3.05) is 0 Å². The summed E-state index contributed by atoms with van der Waals surface area (Å²) < 4.78 is 0. The molecule has 0 amide bonds. The fourth-order valence-corrected chi connectivity index (χ4v) is 3.44. The molecule has 0 bridgehead atoms.